The maximum absolute atomic E-state index is 12.1. The number of alkyl halides is 1. The van der Waals surface area contributed by atoms with E-state index in [1.54, 1.807) is 6.92 Å². The van der Waals surface area contributed by atoms with Gasteiger partial charge in [-0.25, -0.2) is 0 Å². The predicted octanol–water partition coefficient (Wildman–Crippen LogP) is 3.20. The highest BCUT2D eigenvalue weighted by molar-refractivity contribution is 9.09. The molecule has 1 aromatic carbocycles. The van der Waals surface area contributed by atoms with Crippen molar-refractivity contribution >= 4 is 27.5 Å². The van der Waals surface area contributed by atoms with E-state index in [0.29, 0.717) is 11.1 Å². The molecular formula is C13H17BrN2O3. The molecular weight excluding hydrogens is 312 g/mol. The summed E-state index contributed by atoms with van der Waals surface area (Å²) in [5, 5.41) is 14.4. The lowest BCUT2D eigenvalue weighted by molar-refractivity contribution is -0.384. The number of amides is 1. The second kappa shape index (κ2) is 7.23. The Balaban J connectivity index is 2.85. The molecule has 0 aromatic heterocycles. The van der Waals surface area contributed by atoms with Crippen molar-refractivity contribution in [3.05, 3.63) is 39.4 Å². The molecule has 1 rings (SSSR count). The fraction of sp³-hybridized carbons (Fsp3) is 0.462. The number of rotatable bonds is 6. The smallest absolute Gasteiger partial charge is 0.269 e. The molecule has 1 atom stereocenters. The highest BCUT2D eigenvalue weighted by atomic mass is 79.9. The van der Waals surface area contributed by atoms with Gasteiger partial charge in [0.25, 0.3) is 11.6 Å². The van der Waals surface area contributed by atoms with E-state index < -0.39 is 4.92 Å². The SMILES string of the molecule is CCC(CCBr)NC(=O)c1ccc([N+](=O)[O-])cc1C. The zero-order chi connectivity index (χ0) is 14.4. The van der Waals surface area contributed by atoms with Crippen molar-refractivity contribution in [2.75, 3.05) is 5.33 Å². The number of benzene rings is 1. The van der Waals surface area contributed by atoms with Gasteiger partial charge in [-0.1, -0.05) is 22.9 Å². The molecule has 0 radical (unpaired) electrons. The lowest BCUT2D eigenvalue weighted by atomic mass is 10.1. The number of hydrogen-bond acceptors (Lipinski definition) is 3. The van der Waals surface area contributed by atoms with Crippen molar-refractivity contribution in [2.24, 2.45) is 0 Å². The average Bonchev–Trinajstić information content (AvgIpc) is 2.37. The molecule has 6 heteroatoms. The van der Waals surface area contributed by atoms with Crippen LogP contribution in [0.15, 0.2) is 18.2 Å². The zero-order valence-corrected chi connectivity index (χ0v) is 12.6. The Labute approximate surface area is 120 Å². The van der Waals surface area contributed by atoms with E-state index in [9.17, 15) is 14.9 Å². The van der Waals surface area contributed by atoms with Crippen LogP contribution in [-0.4, -0.2) is 22.2 Å². The van der Waals surface area contributed by atoms with Crippen molar-refractivity contribution in [1.29, 1.82) is 0 Å². The van der Waals surface area contributed by atoms with Gasteiger partial charge in [-0.15, -0.1) is 0 Å². The van der Waals surface area contributed by atoms with Crippen LogP contribution in [0, 0.1) is 17.0 Å². The second-order valence-electron chi connectivity index (χ2n) is 4.31. The first-order valence-electron chi connectivity index (χ1n) is 6.11. The maximum atomic E-state index is 12.1. The van der Waals surface area contributed by atoms with Gasteiger partial charge in [-0.3, -0.25) is 14.9 Å². The number of aryl methyl sites for hydroxylation is 1. The van der Waals surface area contributed by atoms with Crippen LogP contribution in [0.1, 0.15) is 35.7 Å². The number of non-ortho nitro benzene ring substituents is 1. The van der Waals surface area contributed by atoms with Gasteiger partial charge < -0.3 is 5.32 Å². The van der Waals surface area contributed by atoms with Crippen LogP contribution >= 0.6 is 15.9 Å². The summed E-state index contributed by atoms with van der Waals surface area (Å²) in [7, 11) is 0. The van der Waals surface area contributed by atoms with Crippen molar-refractivity contribution in [2.45, 2.75) is 32.7 Å². The number of nitro benzene ring substituents is 1. The van der Waals surface area contributed by atoms with E-state index in [1.165, 1.54) is 18.2 Å². The standard InChI is InChI=1S/C13H17BrN2O3/c1-3-10(6-7-14)15-13(17)12-5-4-11(16(18)19)8-9(12)2/h4-5,8,10H,3,6-7H2,1-2H3,(H,15,17). The maximum Gasteiger partial charge on any atom is 0.269 e. The van der Waals surface area contributed by atoms with Gasteiger partial charge in [0.1, 0.15) is 0 Å². The van der Waals surface area contributed by atoms with Gasteiger partial charge in [0.15, 0.2) is 0 Å². The van der Waals surface area contributed by atoms with E-state index in [1.807, 2.05) is 6.92 Å². The number of carbonyl (C=O) groups is 1. The van der Waals surface area contributed by atoms with Gasteiger partial charge in [0.2, 0.25) is 0 Å². The van der Waals surface area contributed by atoms with Crippen LogP contribution in [0.25, 0.3) is 0 Å². The summed E-state index contributed by atoms with van der Waals surface area (Å²) >= 11 is 3.35. The minimum absolute atomic E-state index is 0.00143. The van der Waals surface area contributed by atoms with E-state index >= 15 is 0 Å². The Bertz CT molecular complexity index is 477. The number of nitrogens with zero attached hydrogens (tertiary/aromatic N) is 1. The summed E-state index contributed by atoms with van der Waals surface area (Å²) in [6.45, 7) is 3.71. The molecule has 0 saturated heterocycles. The number of nitrogens with one attached hydrogen (secondary N) is 1. The molecule has 0 heterocycles. The van der Waals surface area contributed by atoms with Crippen LogP contribution in [0.4, 0.5) is 5.69 Å². The van der Waals surface area contributed by atoms with Crippen LogP contribution in [0.5, 0.6) is 0 Å². The van der Waals surface area contributed by atoms with Gasteiger partial charge >= 0.3 is 0 Å². The van der Waals surface area contributed by atoms with Crippen molar-refractivity contribution in [1.82, 2.24) is 5.32 Å². The third-order valence-corrected chi connectivity index (χ3v) is 3.41. The summed E-state index contributed by atoms with van der Waals surface area (Å²) in [5.41, 5.74) is 1.10. The van der Waals surface area contributed by atoms with E-state index in [0.717, 1.165) is 18.2 Å². The summed E-state index contributed by atoms with van der Waals surface area (Å²) in [6, 6.07) is 4.39. The Morgan fingerprint density at radius 2 is 2.21 bits per heavy atom. The Morgan fingerprint density at radius 1 is 1.53 bits per heavy atom. The molecule has 0 spiro atoms. The minimum atomic E-state index is -0.464. The summed E-state index contributed by atoms with van der Waals surface area (Å²) in [6.07, 6.45) is 1.71. The highest BCUT2D eigenvalue weighted by Gasteiger charge is 2.16. The average molecular weight is 329 g/mol. The van der Waals surface area contributed by atoms with Crippen LogP contribution in [0.2, 0.25) is 0 Å². The van der Waals surface area contributed by atoms with Gasteiger partial charge in [0, 0.05) is 29.1 Å². The molecule has 0 aliphatic rings. The Morgan fingerprint density at radius 3 is 2.68 bits per heavy atom. The summed E-state index contributed by atoms with van der Waals surface area (Å²) < 4.78 is 0. The van der Waals surface area contributed by atoms with E-state index in [-0.39, 0.29) is 17.6 Å². The monoisotopic (exact) mass is 328 g/mol. The third kappa shape index (κ3) is 4.31. The Kier molecular flexibility index (Phi) is 5.95. The normalized spacial score (nSPS) is 11.9. The first-order valence-corrected chi connectivity index (χ1v) is 7.23. The van der Waals surface area contributed by atoms with Crippen molar-refractivity contribution in [3.63, 3.8) is 0 Å². The molecule has 0 aliphatic carbocycles. The van der Waals surface area contributed by atoms with E-state index in [2.05, 4.69) is 21.2 Å². The fourth-order valence-corrected chi connectivity index (χ4v) is 2.34. The molecule has 0 bridgehead atoms. The lowest BCUT2D eigenvalue weighted by Crippen LogP contribution is -2.35. The van der Waals surface area contributed by atoms with Crippen LogP contribution < -0.4 is 5.32 Å². The zero-order valence-electron chi connectivity index (χ0n) is 11.0. The van der Waals surface area contributed by atoms with Gasteiger partial charge in [0.05, 0.1) is 4.92 Å². The highest BCUT2D eigenvalue weighted by Crippen LogP contribution is 2.17. The van der Waals surface area contributed by atoms with Crippen LogP contribution in [0.3, 0.4) is 0 Å². The minimum Gasteiger partial charge on any atom is -0.349 e. The lowest BCUT2D eigenvalue weighted by Gasteiger charge is -2.16. The topological polar surface area (TPSA) is 72.2 Å². The molecule has 1 N–H and O–H groups in total. The van der Waals surface area contributed by atoms with Gasteiger partial charge in [-0.05, 0) is 31.4 Å². The molecule has 104 valence electrons. The number of hydrogen-bond donors (Lipinski definition) is 1. The second-order valence-corrected chi connectivity index (χ2v) is 5.11. The molecule has 19 heavy (non-hydrogen) atoms. The molecule has 5 nitrogen and oxygen atoms in total. The molecule has 0 aliphatic heterocycles. The van der Waals surface area contributed by atoms with E-state index in [4.69, 9.17) is 0 Å². The molecule has 1 amide bonds. The predicted molar refractivity (Wildman–Crippen MR) is 77.8 cm³/mol. The number of carbonyl (C=O) groups excluding carboxylic acids is 1. The molecule has 1 unspecified atom stereocenters. The summed E-state index contributed by atoms with van der Waals surface area (Å²) in [5.74, 6) is -0.180. The molecule has 0 saturated carbocycles. The first-order chi connectivity index (χ1) is 8.99. The number of halogens is 1. The largest absolute Gasteiger partial charge is 0.349 e. The summed E-state index contributed by atoms with van der Waals surface area (Å²) in [4.78, 5) is 22.3. The fourth-order valence-electron chi connectivity index (χ4n) is 1.79. The van der Waals surface area contributed by atoms with Gasteiger partial charge in [-0.2, -0.15) is 0 Å². The molecule has 0 fully saturated rings. The van der Waals surface area contributed by atoms with Crippen LogP contribution in [-0.2, 0) is 0 Å². The van der Waals surface area contributed by atoms with Crippen molar-refractivity contribution in [3.8, 4) is 0 Å². The Hall–Kier alpha value is -1.43. The first kappa shape index (κ1) is 15.6. The van der Waals surface area contributed by atoms with Crippen molar-refractivity contribution < 1.29 is 9.72 Å². The number of nitro groups is 1. The quantitative estimate of drug-likeness (QED) is 0.495. The molecule has 1 aromatic rings. The third-order valence-electron chi connectivity index (χ3n) is 2.95.